The van der Waals surface area contributed by atoms with Crippen LogP contribution >= 0.6 is 8.69 Å². The minimum absolute atomic E-state index is 0.610. The highest BCUT2D eigenvalue weighted by molar-refractivity contribution is 7.17. The van der Waals surface area contributed by atoms with Gasteiger partial charge in [0.1, 0.15) is 0 Å². The van der Waals surface area contributed by atoms with Gasteiger partial charge in [-0.15, -0.1) is 0 Å². The lowest BCUT2D eigenvalue weighted by atomic mass is 11.8. The zero-order chi connectivity index (χ0) is 3.41. The Hall–Kier alpha value is 0.0600. The fourth-order valence-corrected chi connectivity index (χ4v) is 0. The predicted molar refractivity (Wildman–Crippen MR) is 16.0 cm³/mol. The first-order valence-corrected chi connectivity index (χ1v) is 1.63. The molecule has 2 nitrogen and oxygen atoms in total. The third kappa shape index (κ3) is 2.06. The first kappa shape index (κ1) is 4.06. The van der Waals surface area contributed by atoms with Crippen LogP contribution in [0.4, 0.5) is 0 Å². The summed E-state index contributed by atoms with van der Waals surface area (Å²) in [4.78, 5) is 0. The highest BCUT2D eigenvalue weighted by Crippen LogP contribution is 1.83. The van der Waals surface area contributed by atoms with Gasteiger partial charge in [-0.25, -0.2) is 0 Å². The van der Waals surface area contributed by atoms with E-state index in [2.05, 4.69) is 4.52 Å². The summed E-state index contributed by atoms with van der Waals surface area (Å²) in [7, 11) is 0.771. The van der Waals surface area contributed by atoms with E-state index in [-0.39, 0.29) is 0 Å². The molecular weight excluding hydrogens is 75.0 g/mol. The third-order valence-corrected chi connectivity index (χ3v) is 0.250. The molecule has 25 valence electrons. The quantitative estimate of drug-likeness (QED) is 0.429. The summed E-state index contributed by atoms with van der Waals surface area (Å²) in [6.07, 6.45) is 0. The lowest BCUT2D eigenvalue weighted by molar-refractivity contribution is 0.433. The largest absolute Gasteiger partial charge is 0.310 e. The van der Waals surface area contributed by atoms with Crippen LogP contribution in [-0.2, 0) is 9.09 Å². The molecule has 3 heteroatoms. The molecule has 1 unspecified atom stereocenters. The Labute approximate surface area is 26.1 Å². The van der Waals surface area contributed by atoms with E-state index in [1.54, 1.807) is 0 Å². The van der Waals surface area contributed by atoms with Crippen LogP contribution in [0.15, 0.2) is 0 Å². The van der Waals surface area contributed by atoms with Crippen molar-refractivity contribution >= 4 is 8.69 Å². The molecule has 0 bridgehead atoms. The summed E-state index contributed by atoms with van der Waals surface area (Å²) in [6, 6.07) is 0. The standard InChI is InChI=1S/CH4O2P/c1-3-4-2/h4H,1H3. The Morgan fingerprint density at radius 2 is 2.25 bits per heavy atom. The predicted octanol–water partition coefficient (Wildman–Crippen LogP) is 0.572. The van der Waals surface area contributed by atoms with Crippen molar-refractivity contribution in [2.75, 3.05) is 7.11 Å². The minimum atomic E-state index is -0.610. The summed E-state index contributed by atoms with van der Waals surface area (Å²) in [5.74, 6) is 0. The van der Waals surface area contributed by atoms with Crippen molar-refractivity contribution in [1.29, 1.82) is 0 Å². The van der Waals surface area contributed by atoms with E-state index < -0.39 is 8.69 Å². The minimum Gasteiger partial charge on any atom is -0.310 e. The van der Waals surface area contributed by atoms with Crippen LogP contribution in [0, 0.1) is 0 Å². The molecule has 0 aromatic heterocycles. The Kier molecular flexibility index (Phi) is 3.11. The van der Waals surface area contributed by atoms with Gasteiger partial charge in [0.05, 0.1) is 0 Å². The van der Waals surface area contributed by atoms with Gasteiger partial charge in [-0.2, -0.15) is 0 Å². The van der Waals surface area contributed by atoms with Crippen molar-refractivity contribution in [3.8, 4) is 0 Å². The maximum absolute atomic E-state index is 9.10. The fourth-order valence-electron chi connectivity index (χ4n) is 0. The van der Waals surface area contributed by atoms with E-state index in [0.29, 0.717) is 0 Å². The van der Waals surface area contributed by atoms with Crippen molar-refractivity contribution in [1.82, 2.24) is 0 Å². The van der Waals surface area contributed by atoms with Gasteiger partial charge < -0.3 is 4.52 Å². The van der Waals surface area contributed by atoms with Gasteiger partial charge in [0, 0.05) is 7.11 Å². The first-order chi connectivity index (χ1) is 1.91. The highest BCUT2D eigenvalue weighted by Gasteiger charge is 1.45. The fraction of sp³-hybridized carbons (Fsp3) is 1.00. The summed E-state index contributed by atoms with van der Waals surface area (Å²) in [5.41, 5.74) is 0. The Morgan fingerprint density at radius 3 is 2.25 bits per heavy atom. The van der Waals surface area contributed by atoms with Crippen LogP contribution in [0.25, 0.3) is 0 Å². The van der Waals surface area contributed by atoms with E-state index >= 15 is 0 Å². The molecule has 4 heavy (non-hydrogen) atoms. The molecule has 0 aromatic rings. The van der Waals surface area contributed by atoms with Gasteiger partial charge >= 0.3 is 0 Å². The average Bonchev–Trinajstić information content (AvgIpc) is 1.37. The molecule has 1 atom stereocenters. The van der Waals surface area contributed by atoms with Crippen LogP contribution in [0.3, 0.4) is 0 Å². The molecule has 0 saturated heterocycles. The first-order valence-electron chi connectivity index (χ1n) is 0.816. The zero-order valence-corrected chi connectivity index (χ0v) is 3.32. The molecule has 0 heterocycles. The Morgan fingerprint density at radius 1 is 2.00 bits per heavy atom. The van der Waals surface area contributed by atoms with Crippen molar-refractivity contribution < 1.29 is 9.09 Å². The second-order valence-electron chi connectivity index (χ2n) is 0.287. The van der Waals surface area contributed by atoms with E-state index in [9.17, 15) is 0 Å². The van der Waals surface area contributed by atoms with Gasteiger partial charge in [0.2, 0.25) is 0 Å². The molecule has 0 fully saturated rings. The van der Waals surface area contributed by atoms with Crippen molar-refractivity contribution in [3.63, 3.8) is 0 Å². The SMILES string of the molecule is CO[PH]=O. The van der Waals surface area contributed by atoms with E-state index in [0.717, 1.165) is 0 Å². The van der Waals surface area contributed by atoms with Gasteiger partial charge in [0.25, 0.3) is 0 Å². The van der Waals surface area contributed by atoms with E-state index in [1.807, 2.05) is 0 Å². The van der Waals surface area contributed by atoms with Gasteiger partial charge in [0.15, 0.2) is 8.69 Å². The molecular formula is CH4O2P. The van der Waals surface area contributed by atoms with Gasteiger partial charge in [-0.05, 0) is 0 Å². The highest BCUT2D eigenvalue weighted by atomic mass is 31.1. The lowest BCUT2D eigenvalue weighted by Crippen LogP contribution is -1.42. The van der Waals surface area contributed by atoms with E-state index in [4.69, 9.17) is 4.57 Å². The maximum atomic E-state index is 9.10. The van der Waals surface area contributed by atoms with Crippen LogP contribution in [0.5, 0.6) is 0 Å². The molecule has 0 spiro atoms. The third-order valence-electron chi connectivity index (χ3n) is 0.0833. The molecule has 0 saturated carbocycles. The summed E-state index contributed by atoms with van der Waals surface area (Å²) in [6.45, 7) is 0. The second-order valence-corrected chi connectivity index (χ2v) is 0.862. The van der Waals surface area contributed by atoms with Crippen molar-refractivity contribution in [3.05, 3.63) is 0 Å². The number of hydrogen-bond donors (Lipinski definition) is 0. The van der Waals surface area contributed by atoms with Crippen LogP contribution < -0.4 is 0 Å². The average molecular weight is 79.0 g/mol. The van der Waals surface area contributed by atoms with E-state index in [1.165, 1.54) is 7.11 Å². The van der Waals surface area contributed by atoms with Crippen LogP contribution in [0.1, 0.15) is 0 Å². The van der Waals surface area contributed by atoms with Crippen molar-refractivity contribution in [2.24, 2.45) is 0 Å². The van der Waals surface area contributed by atoms with Crippen molar-refractivity contribution in [2.45, 2.75) is 0 Å². The lowest BCUT2D eigenvalue weighted by Gasteiger charge is -1.61. The summed E-state index contributed by atoms with van der Waals surface area (Å²) < 4.78 is 13.1. The molecule has 0 N–H and O–H groups in total. The normalized spacial score (nSPS) is 8.25. The van der Waals surface area contributed by atoms with Crippen LogP contribution in [-0.4, -0.2) is 7.11 Å². The van der Waals surface area contributed by atoms with Crippen LogP contribution in [0.2, 0.25) is 0 Å². The Bertz CT molecular complexity index is 20.0. The second kappa shape index (κ2) is 3.06. The van der Waals surface area contributed by atoms with Gasteiger partial charge in [-0.1, -0.05) is 0 Å². The molecule has 0 amide bonds. The summed E-state index contributed by atoms with van der Waals surface area (Å²) in [5, 5.41) is 0. The molecule has 0 aliphatic rings. The maximum Gasteiger partial charge on any atom is 0.198 e. The van der Waals surface area contributed by atoms with Gasteiger partial charge in [-0.3, -0.25) is 4.57 Å². The topological polar surface area (TPSA) is 26.3 Å². The number of hydrogen-bond acceptors (Lipinski definition) is 2. The molecule has 0 aliphatic heterocycles. The molecule has 0 aliphatic carbocycles. The molecule has 0 rings (SSSR count). The Balaban J connectivity index is 2.30. The number of rotatable bonds is 1. The smallest absolute Gasteiger partial charge is 0.198 e. The zero-order valence-electron chi connectivity index (χ0n) is 2.32. The monoisotopic (exact) mass is 79.0 g/mol. The summed E-state index contributed by atoms with van der Waals surface area (Å²) >= 11 is 0. The molecule has 0 aromatic carbocycles. The molecule has 1 radical (unpaired) electrons.